The first-order chi connectivity index (χ1) is 22.3. The van der Waals surface area contributed by atoms with Gasteiger partial charge < -0.3 is 42.9 Å². The Kier molecular flexibility index (Phi) is 12.0. The Bertz CT molecular complexity index is 1560. The molecule has 0 unspecified atom stereocenters. The monoisotopic (exact) mass is 743 g/mol. The van der Waals surface area contributed by atoms with Crippen LogP contribution in [-0.2, 0) is 40.9 Å². The standard InChI is InChI=1S/C33H52N2O11P2Si/c1-31(2,3)49(8,9)44-21-28(35(23-48(39,40)41)17-25-13-11-15-27-20-43-33(6,7)46-30(25)27)18-34(22-47(36,37)38)16-24-12-10-14-26-19-42-32(4,5)45-29(24)26/h10,12-15,28H,16-23H2,1-9H3,(H3-,36,37,38,39,40,41)/p+1/t28-/m1/s1. The number of fused-ring (bicyclic) bond motifs is 1. The summed E-state index contributed by atoms with van der Waals surface area (Å²) in [7, 11) is -11.6. The van der Waals surface area contributed by atoms with Crippen molar-refractivity contribution in [3.8, 4) is 5.75 Å². The van der Waals surface area contributed by atoms with E-state index in [1.165, 1.54) is 0 Å². The second kappa shape index (κ2) is 14.7. The van der Waals surface area contributed by atoms with Crippen LogP contribution in [0, 0.1) is 6.08 Å². The third-order valence-corrected chi connectivity index (χ3v) is 15.1. The molecule has 1 aromatic rings. The average Bonchev–Trinajstić information content (AvgIpc) is 2.92. The molecule has 0 aromatic heterocycles. The van der Waals surface area contributed by atoms with Crippen LogP contribution in [0.25, 0.3) is 0 Å². The minimum Gasteiger partial charge on any atom is -0.462 e. The molecule has 0 amide bonds. The Balaban J connectivity index is 1.74. The molecule has 3 aliphatic rings. The van der Waals surface area contributed by atoms with E-state index in [0.29, 0.717) is 29.3 Å². The van der Waals surface area contributed by atoms with Crippen LogP contribution in [0.1, 0.15) is 59.6 Å². The summed E-state index contributed by atoms with van der Waals surface area (Å²) in [4.78, 5) is 44.4. The fourth-order valence-corrected chi connectivity index (χ4v) is 8.10. The van der Waals surface area contributed by atoms with E-state index in [9.17, 15) is 28.7 Å². The molecule has 0 radical (unpaired) electrons. The molecule has 2 heterocycles. The molecule has 49 heavy (non-hydrogen) atoms. The summed E-state index contributed by atoms with van der Waals surface area (Å²) in [6, 6.07) is 4.85. The minimum atomic E-state index is -4.64. The van der Waals surface area contributed by atoms with E-state index < -0.39 is 53.7 Å². The molecule has 1 atom stereocenters. The van der Waals surface area contributed by atoms with Gasteiger partial charge in [-0.2, -0.15) is 0 Å². The molecule has 4 N–H and O–H groups in total. The maximum Gasteiger partial charge on any atom is 0.339 e. The number of rotatable bonds is 14. The van der Waals surface area contributed by atoms with Gasteiger partial charge >= 0.3 is 15.2 Å². The van der Waals surface area contributed by atoms with E-state index in [-0.39, 0.29) is 37.9 Å². The van der Waals surface area contributed by atoms with Crippen LogP contribution in [0.15, 0.2) is 47.3 Å². The molecule has 274 valence electrons. The van der Waals surface area contributed by atoms with Gasteiger partial charge in [0, 0.05) is 64.0 Å². The van der Waals surface area contributed by atoms with E-state index >= 15 is 0 Å². The van der Waals surface area contributed by atoms with Crippen LogP contribution in [-0.4, -0.2) is 94.2 Å². The minimum absolute atomic E-state index is 0.0114. The molecule has 1 aliphatic carbocycles. The van der Waals surface area contributed by atoms with Crippen LogP contribution in [0.5, 0.6) is 5.75 Å². The Hall–Kier alpha value is -1.73. The van der Waals surface area contributed by atoms with Gasteiger partial charge in [0.1, 0.15) is 48.2 Å². The summed E-state index contributed by atoms with van der Waals surface area (Å²) >= 11 is 0. The van der Waals surface area contributed by atoms with Crippen molar-refractivity contribution in [3.05, 3.63) is 64.5 Å². The first kappa shape index (κ1) is 40.0. The normalized spacial score (nSPS) is 19.9. The first-order valence-electron chi connectivity index (χ1n) is 16.3. The highest BCUT2D eigenvalue weighted by atomic mass is 31.2. The second-order valence-corrected chi connectivity index (χ2v) is 23.5. The van der Waals surface area contributed by atoms with E-state index in [1.54, 1.807) is 49.6 Å². The summed E-state index contributed by atoms with van der Waals surface area (Å²) in [5.41, 5.74) is 2.92. The van der Waals surface area contributed by atoms with E-state index in [0.717, 1.165) is 11.1 Å². The van der Waals surface area contributed by atoms with Crippen LogP contribution in [0.3, 0.4) is 0 Å². The average molecular weight is 744 g/mol. The van der Waals surface area contributed by atoms with Gasteiger partial charge in [0.15, 0.2) is 8.32 Å². The highest BCUT2D eigenvalue weighted by Gasteiger charge is 2.42. The number of nitrogens with zero attached hydrogens (tertiary/aromatic N) is 2. The molecule has 0 fully saturated rings. The molecule has 0 saturated heterocycles. The smallest absolute Gasteiger partial charge is 0.339 e. The summed E-state index contributed by atoms with van der Waals surface area (Å²) in [5.74, 6) is -0.674. The number of allylic oxidation sites excluding steroid dienone is 2. The maximum atomic E-state index is 12.7. The Morgan fingerprint density at radius 3 is 2.22 bits per heavy atom. The number of para-hydroxylation sites is 1. The van der Waals surface area contributed by atoms with E-state index in [1.807, 2.05) is 18.2 Å². The molecule has 0 saturated carbocycles. The van der Waals surface area contributed by atoms with Crippen molar-refractivity contribution in [2.24, 2.45) is 0 Å². The summed E-state index contributed by atoms with van der Waals surface area (Å²) in [6.45, 7) is 18.4. The molecule has 0 spiro atoms. The highest BCUT2D eigenvalue weighted by Crippen LogP contribution is 2.42. The van der Waals surface area contributed by atoms with Crippen LogP contribution >= 0.6 is 15.2 Å². The Morgan fingerprint density at radius 2 is 1.59 bits per heavy atom. The Morgan fingerprint density at radius 1 is 0.959 bits per heavy atom. The number of hydrogen-bond donors (Lipinski definition) is 4. The predicted molar refractivity (Wildman–Crippen MR) is 188 cm³/mol. The van der Waals surface area contributed by atoms with Gasteiger partial charge in [0.05, 0.1) is 19.8 Å². The summed E-state index contributed by atoms with van der Waals surface area (Å²) in [5, 5.41) is -0.167. The molecule has 16 heteroatoms. The lowest BCUT2D eigenvalue weighted by Gasteiger charge is -2.41. The van der Waals surface area contributed by atoms with Gasteiger partial charge in [-0.25, -0.2) is 0 Å². The molecule has 0 bridgehead atoms. The maximum absolute atomic E-state index is 12.7. The van der Waals surface area contributed by atoms with Crippen molar-refractivity contribution in [2.75, 3.05) is 38.9 Å². The fourth-order valence-electron chi connectivity index (χ4n) is 5.51. The van der Waals surface area contributed by atoms with Gasteiger partial charge in [0.25, 0.3) is 0 Å². The molecule has 2 aliphatic heterocycles. The second-order valence-electron chi connectivity index (χ2n) is 15.4. The van der Waals surface area contributed by atoms with Crippen molar-refractivity contribution in [2.45, 2.75) is 97.4 Å². The van der Waals surface area contributed by atoms with Crippen molar-refractivity contribution in [1.29, 1.82) is 0 Å². The Labute approximate surface area is 291 Å². The quantitative estimate of drug-likeness (QED) is 0.108. The van der Waals surface area contributed by atoms with Crippen molar-refractivity contribution >= 4 is 23.5 Å². The lowest BCUT2D eigenvalue weighted by atomic mass is 10.0. The summed E-state index contributed by atoms with van der Waals surface area (Å²) in [6.07, 6.45) is 5.36. The van der Waals surface area contributed by atoms with Crippen molar-refractivity contribution in [1.82, 2.24) is 9.80 Å². The van der Waals surface area contributed by atoms with Crippen LogP contribution in [0.2, 0.25) is 18.1 Å². The summed E-state index contributed by atoms with van der Waals surface area (Å²) < 4.78 is 55.9. The zero-order valence-corrected chi connectivity index (χ0v) is 32.8. The SMILES string of the molecule is CC1(C)OCC2=C(O1)C(CN(CP(=O)(O)O)[C@@H](CO[Si](C)(C)C(C)(C)C)CN(Cc1cccc3c1OC(C)(C)OC3)CP(=O)(O)O)=C[C+]=C2. The van der Waals surface area contributed by atoms with Crippen LogP contribution in [0.4, 0.5) is 0 Å². The first-order valence-corrected chi connectivity index (χ1v) is 22.8. The molecule has 4 rings (SSSR count). The van der Waals surface area contributed by atoms with Gasteiger partial charge in [-0.3, -0.25) is 18.9 Å². The zero-order valence-electron chi connectivity index (χ0n) is 30.1. The molecular formula is C33H53N2O11P2Si+. The van der Waals surface area contributed by atoms with Crippen LogP contribution < -0.4 is 4.74 Å². The number of hydrogen-bond acceptors (Lipinski definition) is 9. The number of ether oxygens (including phenoxy) is 4. The van der Waals surface area contributed by atoms with E-state index in [4.69, 9.17) is 23.4 Å². The van der Waals surface area contributed by atoms with Gasteiger partial charge in [-0.05, 0) is 18.1 Å². The lowest BCUT2D eigenvalue weighted by Crippen LogP contribution is -2.51. The van der Waals surface area contributed by atoms with Crippen molar-refractivity contribution < 1.29 is 52.1 Å². The molecular weight excluding hydrogens is 690 g/mol. The topological polar surface area (TPSA) is 168 Å². The van der Waals surface area contributed by atoms with Gasteiger partial charge in [-0.15, -0.1) is 0 Å². The zero-order chi connectivity index (χ0) is 36.6. The van der Waals surface area contributed by atoms with Gasteiger partial charge in [0.2, 0.25) is 17.3 Å². The predicted octanol–water partition coefficient (Wildman–Crippen LogP) is 5.43. The number of benzene rings is 1. The molecule has 13 nitrogen and oxygen atoms in total. The third-order valence-electron chi connectivity index (χ3n) is 9.07. The third kappa shape index (κ3) is 11.4. The fraction of sp³-hybridized carbons (Fsp3) is 0.636. The largest absolute Gasteiger partial charge is 0.462 e. The lowest BCUT2D eigenvalue weighted by molar-refractivity contribution is -0.197. The van der Waals surface area contributed by atoms with Crippen molar-refractivity contribution in [3.63, 3.8) is 0 Å². The van der Waals surface area contributed by atoms with E-state index in [2.05, 4.69) is 39.9 Å². The molecule has 1 aromatic carbocycles. The van der Waals surface area contributed by atoms with Gasteiger partial charge in [-0.1, -0.05) is 39.0 Å². The highest BCUT2D eigenvalue weighted by molar-refractivity contribution is 7.51.